The van der Waals surface area contributed by atoms with E-state index in [4.69, 9.17) is 18.9 Å². The van der Waals surface area contributed by atoms with Crippen LogP contribution in [0.15, 0.2) is 36.5 Å². The van der Waals surface area contributed by atoms with Crippen LogP contribution in [0.1, 0.15) is 271 Å². The molecule has 0 aromatic heterocycles. The van der Waals surface area contributed by atoms with E-state index in [9.17, 15) is 19.5 Å². The predicted molar refractivity (Wildman–Crippen MR) is 291 cm³/mol. The first-order valence-electron chi connectivity index (χ1n) is 29.2. The van der Waals surface area contributed by atoms with E-state index in [-0.39, 0.29) is 32.2 Å². The highest BCUT2D eigenvalue weighted by Gasteiger charge is 2.25. The van der Waals surface area contributed by atoms with Crippen molar-refractivity contribution in [1.82, 2.24) is 0 Å². The molecule has 0 amide bonds. The second-order valence-electron chi connectivity index (χ2n) is 20.9. The molecule has 0 aromatic rings. The van der Waals surface area contributed by atoms with E-state index in [0.29, 0.717) is 17.4 Å². The molecular weight excluding hydrogens is 863 g/mol. The lowest BCUT2D eigenvalue weighted by atomic mass is 10.0. The maximum absolute atomic E-state index is 12.9. The molecule has 2 unspecified atom stereocenters. The van der Waals surface area contributed by atoms with Crippen LogP contribution in [-0.4, -0.2) is 87.4 Å². The van der Waals surface area contributed by atoms with Crippen LogP contribution in [-0.2, 0) is 33.3 Å². The van der Waals surface area contributed by atoms with Crippen molar-refractivity contribution < 1.29 is 42.9 Å². The number of carboxylic acid groups (broad SMARTS) is 1. The number of nitrogens with zero attached hydrogens (tertiary/aromatic N) is 1. The maximum atomic E-state index is 12.9. The first-order chi connectivity index (χ1) is 33.6. The highest BCUT2D eigenvalue weighted by molar-refractivity contribution is 5.71. The van der Waals surface area contributed by atoms with Crippen molar-refractivity contribution in [2.24, 2.45) is 0 Å². The molecule has 69 heavy (non-hydrogen) atoms. The number of unbranched alkanes of at least 4 members (excludes halogenated alkanes) is 33. The van der Waals surface area contributed by atoms with Crippen molar-refractivity contribution in [3.63, 3.8) is 0 Å². The van der Waals surface area contributed by atoms with E-state index in [1.807, 2.05) is 21.1 Å². The Bertz CT molecular complexity index is 1230. The highest BCUT2D eigenvalue weighted by Crippen LogP contribution is 2.16. The van der Waals surface area contributed by atoms with E-state index in [2.05, 4.69) is 50.3 Å². The van der Waals surface area contributed by atoms with Crippen molar-refractivity contribution in [2.45, 2.75) is 283 Å². The Labute approximate surface area is 426 Å². The van der Waals surface area contributed by atoms with Gasteiger partial charge in [-0.2, -0.15) is 0 Å². The lowest BCUT2D eigenvalue weighted by Gasteiger charge is -2.25. The third-order valence-corrected chi connectivity index (χ3v) is 12.9. The number of quaternary nitrogens is 1. The third-order valence-electron chi connectivity index (χ3n) is 12.9. The molecule has 2 atom stereocenters. The maximum Gasteiger partial charge on any atom is 0.361 e. The van der Waals surface area contributed by atoms with Gasteiger partial charge in [-0.1, -0.05) is 224 Å². The van der Waals surface area contributed by atoms with Crippen LogP contribution in [0.2, 0.25) is 0 Å². The molecule has 0 saturated heterocycles. The molecule has 0 rings (SSSR count). The highest BCUT2D eigenvalue weighted by atomic mass is 16.7. The number of allylic oxidation sites excluding steroid dienone is 6. The van der Waals surface area contributed by atoms with Gasteiger partial charge in [-0.25, -0.2) is 4.79 Å². The van der Waals surface area contributed by atoms with Gasteiger partial charge in [0.05, 0.1) is 34.4 Å². The molecule has 0 bridgehead atoms. The average molecular weight is 976 g/mol. The van der Waals surface area contributed by atoms with Gasteiger partial charge in [0.25, 0.3) is 6.29 Å². The number of carbonyl (C=O) groups excluding carboxylic acids is 2. The summed E-state index contributed by atoms with van der Waals surface area (Å²) < 4.78 is 22.9. The van der Waals surface area contributed by atoms with Gasteiger partial charge in [0.2, 0.25) is 0 Å². The summed E-state index contributed by atoms with van der Waals surface area (Å²) in [6.07, 6.45) is 59.3. The van der Waals surface area contributed by atoms with Gasteiger partial charge in [-0.05, 0) is 70.6 Å². The number of likely N-dealkylation sites (N-methyl/N-ethyl adjacent to an activating group) is 1. The van der Waals surface area contributed by atoms with E-state index >= 15 is 0 Å². The molecule has 0 aliphatic rings. The van der Waals surface area contributed by atoms with Gasteiger partial charge in [0, 0.05) is 12.8 Å². The SMILES string of the molecule is CCCCC/C=C\C/C=C\CCCCCCCCCCCC(=O)OC(COC(=O)CCCCCCCCCCCCCCC/C=C\CCCCCCCCCC)COC(OCC[N+](C)(C)C)C(=O)O. The molecule has 404 valence electrons. The Kier molecular flexibility index (Phi) is 50.0. The monoisotopic (exact) mass is 975 g/mol. The standard InChI is InChI=1S/C60H111NO8/c1-6-8-10-12-14-16-18-20-22-24-26-27-28-29-30-31-33-34-36-38-40-42-44-46-48-50-57(62)67-54-56(55-68-60(59(64)65)66-53-52-61(3,4)5)69-58(63)51-49-47-45-43-41-39-37-35-32-25-23-21-19-17-15-13-11-9-7-2/h15,17,21,23-24,26,56,60H,6-14,16,18-20,22,25,27-55H2,1-5H3/p+1/b17-15-,23-21-,26-24-. The summed E-state index contributed by atoms with van der Waals surface area (Å²) in [6, 6.07) is 0. The molecule has 0 heterocycles. The van der Waals surface area contributed by atoms with Crippen LogP contribution < -0.4 is 0 Å². The molecule has 0 radical (unpaired) electrons. The number of ether oxygens (including phenoxy) is 4. The van der Waals surface area contributed by atoms with Gasteiger partial charge in [0.15, 0.2) is 6.10 Å². The van der Waals surface area contributed by atoms with Crippen LogP contribution >= 0.6 is 0 Å². The van der Waals surface area contributed by atoms with Crippen molar-refractivity contribution in [3.05, 3.63) is 36.5 Å². The minimum atomic E-state index is -1.51. The summed E-state index contributed by atoms with van der Waals surface area (Å²) in [6.45, 7) is 4.88. The number of hydrogen-bond acceptors (Lipinski definition) is 7. The first-order valence-corrected chi connectivity index (χ1v) is 29.2. The van der Waals surface area contributed by atoms with Crippen molar-refractivity contribution >= 4 is 17.9 Å². The predicted octanol–water partition coefficient (Wildman–Crippen LogP) is 16.9. The first kappa shape index (κ1) is 66.5. The van der Waals surface area contributed by atoms with Crippen LogP contribution in [0.4, 0.5) is 0 Å². The molecule has 1 N–H and O–H groups in total. The fraction of sp³-hybridized carbons (Fsp3) is 0.850. The van der Waals surface area contributed by atoms with Gasteiger partial charge in [-0.15, -0.1) is 0 Å². The summed E-state index contributed by atoms with van der Waals surface area (Å²) >= 11 is 0. The summed E-state index contributed by atoms with van der Waals surface area (Å²) in [7, 11) is 5.97. The number of carboxylic acids is 1. The number of carbonyl (C=O) groups is 3. The molecule has 9 nitrogen and oxygen atoms in total. The molecule has 0 spiro atoms. The number of esters is 2. The second-order valence-corrected chi connectivity index (χ2v) is 20.9. The van der Waals surface area contributed by atoms with Gasteiger partial charge in [0.1, 0.15) is 13.2 Å². The quantitative estimate of drug-likeness (QED) is 0.0211. The Balaban J connectivity index is 4.21. The smallest absolute Gasteiger partial charge is 0.361 e. The minimum absolute atomic E-state index is 0.181. The van der Waals surface area contributed by atoms with E-state index in [1.54, 1.807) is 0 Å². The number of aliphatic carboxylic acids is 1. The molecule has 0 fully saturated rings. The second kappa shape index (κ2) is 51.9. The fourth-order valence-electron chi connectivity index (χ4n) is 8.33. The van der Waals surface area contributed by atoms with Crippen molar-refractivity contribution in [1.29, 1.82) is 0 Å². The van der Waals surface area contributed by atoms with E-state index in [1.165, 1.54) is 193 Å². The van der Waals surface area contributed by atoms with E-state index in [0.717, 1.165) is 51.4 Å². The zero-order valence-electron chi connectivity index (χ0n) is 46.0. The number of hydrogen-bond donors (Lipinski definition) is 1. The van der Waals surface area contributed by atoms with Crippen LogP contribution in [0.25, 0.3) is 0 Å². The van der Waals surface area contributed by atoms with Gasteiger partial charge >= 0.3 is 17.9 Å². The third kappa shape index (κ3) is 53.1. The molecule has 0 aliphatic heterocycles. The molecule has 9 heteroatoms. The number of rotatable bonds is 54. The van der Waals surface area contributed by atoms with Crippen molar-refractivity contribution in [3.8, 4) is 0 Å². The molecule has 0 aliphatic carbocycles. The van der Waals surface area contributed by atoms with Crippen molar-refractivity contribution in [2.75, 3.05) is 47.5 Å². The Morgan fingerprint density at radius 3 is 1.19 bits per heavy atom. The van der Waals surface area contributed by atoms with Crippen LogP contribution in [0.5, 0.6) is 0 Å². The fourth-order valence-corrected chi connectivity index (χ4v) is 8.33. The molecular formula is C60H112NO8+. The Morgan fingerprint density at radius 2 is 0.783 bits per heavy atom. The summed E-state index contributed by atoms with van der Waals surface area (Å²) in [5.74, 6) is -2.00. The van der Waals surface area contributed by atoms with Gasteiger partial charge < -0.3 is 28.5 Å². The largest absolute Gasteiger partial charge is 0.477 e. The minimum Gasteiger partial charge on any atom is -0.477 e. The van der Waals surface area contributed by atoms with Crippen LogP contribution in [0.3, 0.4) is 0 Å². The molecule has 0 saturated carbocycles. The summed E-state index contributed by atoms with van der Waals surface area (Å²) in [4.78, 5) is 37.4. The normalized spacial score (nSPS) is 13.0. The lowest BCUT2D eigenvalue weighted by Crippen LogP contribution is -2.40. The topological polar surface area (TPSA) is 108 Å². The molecule has 0 aromatic carbocycles. The summed E-state index contributed by atoms with van der Waals surface area (Å²) in [5.41, 5.74) is 0. The zero-order valence-corrected chi connectivity index (χ0v) is 46.0. The average Bonchev–Trinajstić information content (AvgIpc) is 3.31. The Hall–Kier alpha value is -2.49. The lowest BCUT2D eigenvalue weighted by molar-refractivity contribution is -0.870. The van der Waals surface area contributed by atoms with Gasteiger partial charge in [-0.3, -0.25) is 9.59 Å². The van der Waals surface area contributed by atoms with Crippen LogP contribution in [0, 0.1) is 0 Å². The summed E-state index contributed by atoms with van der Waals surface area (Å²) in [5, 5.41) is 9.70. The zero-order chi connectivity index (χ0) is 50.6. The Morgan fingerprint density at radius 1 is 0.435 bits per heavy atom. The van der Waals surface area contributed by atoms with E-state index < -0.39 is 24.3 Å².